The van der Waals surface area contributed by atoms with Gasteiger partial charge in [-0.05, 0) is 50.9 Å². The Hall–Kier alpha value is -0.750. The van der Waals surface area contributed by atoms with Crippen molar-refractivity contribution in [2.45, 2.75) is 19.9 Å². The third-order valence-corrected chi connectivity index (χ3v) is 3.43. The second kappa shape index (κ2) is 4.63. The van der Waals surface area contributed by atoms with Crippen LogP contribution in [0.15, 0.2) is 21.1 Å². The van der Waals surface area contributed by atoms with Crippen molar-refractivity contribution in [3.8, 4) is 0 Å². The van der Waals surface area contributed by atoms with E-state index >= 15 is 0 Å². The molecule has 1 heterocycles. The third-order valence-electron chi connectivity index (χ3n) is 2.15. The summed E-state index contributed by atoms with van der Waals surface area (Å²) in [6, 6.07) is 3.83. The van der Waals surface area contributed by atoms with Gasteiger partial charge < -0.3 is 0 Å². The fourth-order valence-electron chi connectivity index (χ4n) is 1.33. The number of benzene rings is 1. The lowest BCUT2D eigenvalue weighted by atomic mass is 10.3. The summed E-state index contributed by atoms with van der Waals surface area (Å²) in [6.07, 6.45) is 0.455. The maximum absolute atomic E-state index is 10.9. The Labute approximate surface area is 109 Å². The summed E-state index contributed by atoms with van der Waals surface area (Å²) in [5.74, 6) is 0.138. The van der Waals surface area contributed by atoms with E-state index in [1.54, 1.807) is 11.7 Å². The van der Waals surface area contributed by atoms with Gasteiger partial charge in [0.05, 0.1) is 6.54 Å². The van der Waals surface area contributed by atoms with Crippen molar-refractivity contribution in [3.05, 3.63) is 21.1 Å². The summed E-state index contributed by atoms with van der Waals surface area (Å²) < 4.78 is 1.81. The lowest BCUT2D eigenvalue weighted by Crippen LogP contribution is -2.05. The Bertz CT molecular complexity index is 511. The van der Waals surface area contributed by atoms with Crippen molar-refractivity contribution in [2.24, 2.45) is 0 Å². The van der Waals surface area contributed by atoms with E-state index in [0.29, 0.717) is 13.0 Å². The molecule has 0 fully saturated rings. The molecular weight excluding hydrogens is 338 g/mol. The van der Waals surface area contributed by atoms with Crippen LogP contribution in [0.3, 0.4) is 0 Å². The van der Waals surface area contributed by atoms with Crippen LogP contribution in [0.25, 0.3) is 11.0 Å². The number of rotatable bonds is 3. The van der Waals surface area contributed by atoms with E-state index in [9.17, 15) is 4.79 Å². The highest BCUT2D eigenvalue weighted by Crippen LogP contribution is 2.27. The molecular formula is C10H9Br2N3O. The molecule has 16 heavy (non-hydrogen) atoms. The lowest BCUT2D eigenvalue weighted by Gasteiger charge is -1.94. The Kier molecular flexibility index (Phi) is 3.39. The molecule has 0 unspecified atom stereocenters. The number of fused-ring (bicyclic) bond motifs is 1. The van der Waals surface area contributed by atoms with Crippen LogP contribution >= 0.6 is 31.9 Å². The SMILES string of the molecule is CC(=O)CCn1nc2c(Br)ccc(Br)c2n1. The third kappa shape index (κ3) is 2.32. The van der Waals surface area contributed by atoms with E-state index in [4.69, 9.17) is 0 Å². The second-order valence-corrected chi connectivity index (χ2v) is 5.18. The van der Waals surface area contributed by atoms with Gasteiger partial charge in [-0.3, -0.25) is 4.79 Å². The first kappa shape index (κ1) is 11.7. The molecule has 0 aliphatic carbocycles. The number of aryl methyl sites for hydroxylation is 1. The van der Waals surface area contributed by atoms with Crippen LogP contribution in [0.1, 0.15) is 13.3 Å². The molecule has 1 aromatic carbocycles. The predicted molar refractivity (Wildman–Crippen MR) is 68.2 cm³/mol. The minimum absolute atomic E-state index is 0.138. The minimum Gasteiger partial charge on any atom is -0.300 e. The van der Waals surface area contributed by atoms with Gasteiger partial charge in [-0.15, -0.1) is 0 Å². The Morgan fingerprint density at radius 3 is 2.19 bits per heavy atom. The first-order valence-electron chi connectivity index (χ1n) is 4.76. The number of nitrogens with zero attached hydrogens (tertiary/aromatic N) is 3. The highest BCUT2D eigenvalue weighted by molar-refractivity contribution is 9.11. The molecule has 4 nitrogen and oxygen atoms in total. The molecule has 6 heteroatoms. The molecule has 1 aromatic heterocycles. The molecule has 0 radical (unpaired) electrons. The van der Waals surface area contributed by atoms with Gasteiger partial charge in [-0.1, -0.05) is 0 Å². The number of aromatic nitrogens is 3. The van der Waals surface area contributed by atoms with Crippen molar-refractivity contribution in [1.29, 1.82) is 0 Å². The van der Waals surface area contributed by atoms with Gasteiger partial charge in [0, 0.05) is 15.4 Å². The van der Waals surface area contributed by atoms with Crippen LogP contribution in [0, 0.1) is 0 Å². The number of hydrogen-bond donors (Lipinski definition) is 0. The van der Waals surface area contributed by atoms with E-state index in [-0.39, 0.29) is 5.78 Å². The molecule has 0 saturated carbocycles. The van der Waals surface area contributed by atoms with Gasteiger partial charge in [-0.2, -0.15) is 15.0 Å². The monoisotopic (exact) mass is 345 g/mol. The maximum Gasteiger partial charge on any atom is 0.131 e. The molecule has 2 rings (SSSR count). The first-order valence-corrected chi connectivity index (χ1v) is 6.35. The fraction of sp³-hybridized carbons (Fsp3) is 0.300. The average molecular weight is 347 g/mol. The highest BCUT2D eigenvalue weighted by atomic mass is 79.9. The number of ketones is 1. The van der Waals surface area contributed by atoms with Gasteiger partial charge in [0.15, 0.2) is 0 Å². The van der Waals surface area contributed by atoms with Crippen molar-refractivity contribution >= 4 is 48.7 Å². The van der Waals surface area contributed by atoms with Crippen LogP contribution in [-0.2, 0) is 11.3 Å². The molecule has 0 spiro atoms. The van der Waals surface area contributed by atoms with Gasteiger partial charge in [-0.25, -0.2) is 0 Å². The van der Waals surface area contributed by atoms with E-state index < -0.39 is 0 Å². The van der Waals surface area contributed by atoms with Crippen LogP contribution in [0.2, 0.25) is 0 Å². The number of Topliss-reactive ketones (excluding diaryl/α,β-unsaturated/α-hetero) is 1. The molecule has 2 aromatic rings. The fourth-order valence-corrected chi connectivity index (χ4v) is 2.13. The van der Waals surface area contributed by atoms with Gasteiger partial charge in [0.25, 0.3) is 0 Å². The summed E-state index contributed by atoms with van der Waals surface area (Å²) >= 11 is 6.84. The molecule has 0 aliphatic heterocycles. The number of halogens is 2. The minimum atomic E-state index is 0.138. The number of carbonyl (C=O) groups is 1. The Balaban J connectivity index is 2.39. The second-order valence-electron chi connectivity index (χ2n) is 3.47. The zero-order chi connectivity index (χ0) is 11.7. The molecule has 0 N–H and O–H groups in total. The van der Waals surface area contributed by atoms with Crippen molar-refractivity contribution in [3.63, 3.8) is 0 Å². The molecule has 0 aliphatic rings. The molecule has 0 atom stereocenters. The molecule has 0 bridgehead atoms. The van der Waals surface area contributed by atoms with Gasteiger partial charge in [0.1, 0.15) is 16.8 Å². The normalized spacial score (nSPS) is 10.9. The molecule has 0 amide bonds. The number of hydrogen-bond acceptors (Lipinski definition) is 3. The van der Waals surface area contributed by atoms with E-state index in [2.05, 4.69) is 42.1 Å². The standard InChI is InChI=1S/C10H9Br2N3O/c1-6(16)4-5-15-13-9-7(11)2-3-8(12)10(9)14-15/h2-3H,4-5H2,1H3. The quantitative estimate of drug-likeness (QED) is 0.858. The van der Waals surface area contributed by atoms with E-state index in [1.807, 2.05) is 12.1 Å². The van der Waals surface area contributed by atoms with Gasteiger partial charge in [0.2, 0.25) is 0 Å². The summed E-state index contributed by atoms with van der Waals surface area (Å²) in [5, 5.41) is 8.64. The smallest absolute Gasteiger partial charge is 0.131 e. The van der Waals surface area contributed by atoms with Crippen LogP contribution in [0.4, 0.5) is 0 Å². The Morgan fingerprint density at radius 2 is 1.75 bits per heavy atom. The van der Waals surface area contributed by atoms with Crippen LogP contribution in [0.5, 0.6) is 0 Å². The van der Waals surface area contributed by atoms with Crippen molar-refractivity contribution < 1.29 is 4.79 Å². The molecule has 84 valence electrons. The van der Waals surface area contributed by atoms with Gasteiger partial charge >= 0.3 is 0 Å². The highest BCUT2D eigenvalue weighted by Gasteiger charge is 2.09. The first-order chi connectivity index (χ1) is 7.58. The zero-order valence-electron chi connectivity index (χ0n) is 8.57. The van der Waals surface area contributed by atoms with Crippen LogP contribution in [-0.4, -0.2) is 20.8 Å². The largest absolute Gasteiger partial charge is 0.300 e. The summed E-state index contributed by atoms with van der Waals surface area (Å²) in [6.45, 7) is 2.08. The van der Waals surface area contributed by atoms with Crippen LogP contribution < -0.4 is 0 Å². The van der Waals surface area contributed by atoms with Crippen molar-refractivity contribution in [1.82, 2.24) is 15.0 Å². The predicted octanol–water partition coefficient (Wildman–Crippen LogP) is 2.94. The van der Waals surface area contributed by atoms with E-state index in [1.165, 1.54) is 0 Å². The van der Waals surface area contributed by atoms with Crippen molar-refractivity contribution in [2.75, 3.05) is 0 Å². The summed E-state index contributed by atoms with van der Waals surface area (Å²) in [4.78, 5) is 12.4. The average Bonchev–Trinajstić information content (AvgIpc) is 2.66. The lowest BCUT2D eigenvalue weighted by molar-refractivity contribution is -0.117. The van der Waals surface area contributed by atoms with E-state index in [0.717, 1.165) is 20.0 Å². The topological polar surface area (TPSA) is 47.8 Å². The number of carbonyl (C=O) groups excluding carboxylic acids is 1. The zero-order valence-corrected chi connectivity index (χ0v) is 11.7. The maximum atomic E-state index is 10.9. The molecule has 0 saturated heterocycles. The summed E-state index contributed by atoms with van der Waals surface area (Å²) in [7, 11) is 0. The Morgan fingerprint density at radius 1 is 1.25 bits per heavy atom. The summed E-state index contributed by atoms with van der Waals surface area (Å²) in [5.41, 5.74) is 1.61.